The molecule has 0 unspecified atom stereocenters. The Balaban J connectivity index is 2.22. The van der Waals surface area contributed by atoms with Crippen LogP contribution in [0.4, 0.5) is 0 Å². The highest BCUT2D eigenvalue weighted by Gasteiger charge is 2.19. The summed E-state index contributed by atoms with van der Waals surface area (Å²) in [5.41, 5.74) is 4.58. The normalized spacial score (nSPS) is 13.7. The second kappa shape index (κ2) is 4.04. The fourth-order valence-corrected chi connectivity index (χ4v) is 2.38. The summed E-state index contributed by atoms with van der Waals surface area (Å²) in [7, 11) is 0. The molecule has 0 radical (unpaired) electrons. The molecule has 0 N–H and O–H groups in total. The SMILES string of the molecule is CCB(CC)C1=Cc2ccccc2C1. The maximum atomic E-state index is 2.40. The molecule has 0 amide bonds. The van der Waals surface area contributed by atoms with Gasteiger partial charge in [0.2, 0.25) is 0 Å². The van der Waals surface area contributed by atoms with Crippen LogP contribution >= 0.6 is 0 Å². The molecule has 0 nitrogen and oxygen atoms in total. The Labute approximate surface area is 87.1 Å². The van der Waals surface area contributed by atoms with Crippen molar-refractivity contribution in [2.24, 2.45) is 0 Å². The van der Waals surface area contributed by atoms with E-state index in [1.807, 2.05) is 0 Å². The van der Waals surface area contributed by atoms with Crippen LogP contribution in [0.3, 0.4) is 0 Å². The minimum atomic E-state index is 0.794. The van der Waals surface area contributed by atoms with E-state index in [2.05, 4.69) is 44.2 Å². The predicted molar refractivity (Wildman–Crippen MR) is 64.8 cm³/mol. The van der Waals surface area contributed by atoms with Crippen molar-refractivity contribution < 1.29 is 0 Å². The topological polar surface area (TPSA) is 0 Å². The zero-order valence-electron chi connectivity index (χ0n) is 9.09. The van der Waals surface area contributed by atoms with Gasteiger partial charge in [0.05, 0.1) is 0 Å². The zero-order chi connectivity index (χ0) is 9.97. The Morgan fingerprint density at radius 2 is 1.86 bits per heavy atom. The highest BCUT2D eigenvalue weighted by Crippen LogP contribution is 2.28. The van der Waals surface area contributed by atoms with E-state index in [4.69, 9.17) is 0 Å². The molecule has 0 atom stereocenters. The Kier molecular flexibility index (Phi) is 2.76. The molecule has 1 heteroatoms. The highest BCUT2D eigenvalue weighted by molar-refractivity contribution is 6.67. The molecule has 14 heavy (non-hydrogen) atoms. The van der Waals surface area contributed by atoms with Crippen LogP contribution in [0.15, 0.2) is 29.7 Å². The van der Waals surface area contributed by atoms with Crippen LogP contribution in [-0.4, -0.2) is 6.71 Å². The van der Waals surface area contributed by atoms with Crippen molar-refractivity contribution >= 4 is 12.8 Å². The van der Waals surface area contributed by atoms with Gasteiger partial charge in [-0.2, -0.15) is 0 Å². The van der Waals surface area contributed by atoms with E-state index in [0.29, 0.717) is 0 Å². The van der Waals surface area contributed by atoms with Gasteiger partial charge in [-0.3, -0.25) is 0 Å². The minimum Gasteiger partial charge on any atom is -0.0962 e. The van der Waals surface area contributed by atoms with Crippen LogP contribution in [0.5, 0.6) is 0 Å². The molecule has 0 aromatic heterocycles. The van der Waals surface area contributed by atoms with Gasteiger partial charge < -0.3 is 0 Å². The summed E-state index contributed by atoms with van der Waals surface area (Å²) < 4.78 is 0. The standard InChI is InChI=1S/C13H17B/c1-3-14(4-2)13-9-11-7-5-6-8-12(11)10-13/h5-9H,3-4,10H2,1-2H3. The van der Waals surface area contributed by atoms with E-state index >= 15 is 0 Å². The Morgan fingerprint density at radius 1 is 1.14 bits per heavy atom. The zero-order valence-corrected chi connectivity index (χ0v) is 9.09. The molecule has 72 valence electrons. The number of allylic oxidation sites excluding steroid dienone is 1. The van der Waals surface area contributed by atoms with Gasteiger partial charge in [0.15, 0.2) is 6.71 Å². The lowest BCUT2D eigenvalue weighted by molar-refractivity contribution is 1.23. The quantitative estimate of drug-likeness (QED) is 0.628. The number of fused-ring (bicyclic) bond motifs is 1. The lowest BCUT2D eigenvalue weighted by atomic mass is 9.40. The average molecular weight is 184 g/mol. The first kappa shape index (κ1) is 9.58. The van der Waals surface area contributed by atoms with Crippen molar-refractivity contribution in [1.29, 1.82) is 0 Å². The van der Waals surface area contributed by atoms with Crippen LogP contribution < -0.4 is 0 Å². The van der Waals surface area contributed by atoms with Gasteiger partial charge in [0, 0.05) is 0 Å². The largest absolute Gasteiger partial charge is 0.170 e. The molecule has 0 saturated heterocycles. The highest BCUT2D eigenvalue weighted by atomic mass is 14.1. The molecule has 1 aromatic carbocycles. The number of hydrogen-bond acceptors (Lipinski definition) is 0. The summed E-state index contributed by atoms with van der Waals surface area (Å²) in [5, 5.41) is 0. The van der Waals surface area contributed by atoms with Gasteiger partial charge >= 0.3 is 0 Å². The maximum Gasteiger partial charge on any atom is 0.170 e. The van der Waals surface area contributed by atoms with Crippen molar-refractivity contribution in [2.75, 3.05) is 0 Å². The third-order valence-corrected chi connectivity index (χ3v) is 3.30. The van der Waals surface area contributed by atoms with Crippen molar-refractivity contribution in [2.45, 2.75) is 32.9 Å². The van der Waals surface area contributed by atoms with Crippen LogP contribution in [0.2, 0.25) is 12.6 Å². The van der Waals surface area contributed by atoms with Crippen LogP contribution in [0, 0.1) is 0 Å². The molecule has 1 aliphatic carbocycles. The summed E-state index contributed by atoms with van der Waals surface area (Å²) in [4.78, 5) is 0. The van der Waals surface area contributed by atoms with Gasteiger partial charge in [-0.25, -0.2) is 0 Å². The van der Waals surface area contributed by atoms with Gasteiger partial charge in [0.1, 0.15) is 0 Å². The first-order valence-electron chi connectivity index (χ1n) is 5.63. The van der Waals surface area contributed by atoms with Crippen molar-refractivity contribution in [3.05, 3.63) is 40.9 Å². The van der Waals surface area contributed by atoms with E-state index in [0.717, 1.165) is 6.71 Å². The molecule has 1 aliphatic rings. The molecular formula is C13H17B. The number of rotatable bonds is 3. The van der Waals surface area contributed by atoms with Crippen molar-refractivity contribution in [3.8, 4) is 0 Å². The monoisotopic (exact) mass is 184 g/mol. The summed E-state index contributed by atoms with van der Waals surface area (Å²) >= 11 is 0. The number of hydrogen-bond donors (Lipinski definition) is 0. The Morgan fingerprint density at radius 3 is 2.50 bits per heavy atom. The van der Waals surface area contributed by atoms with E-state index in [-0.39, 0.29) is 0 Å². The van der Waals surface area contributed by atoms with E-state index < -0.39 is 0 Å². The van der Waals surface area contributed by atoms with E-state index in [1.165, 1.54) is 30.2 Å². The first-order valence-corrected chi connectivity index (χ1v) is 5.63. The van der Waals surface area contributed by atoms with Crippen LogP contribution in [-0.2, 0) is 6.42 Å². The van der Waals surface area contributed by atoms with Crippen LogP contribution in [0.1, 0.15) is 25.0 Å². The molecular weight excluding hydrogens is 167 g/mol. The minimum absolute atomic E-state index is 0.794. The lowest BCUT2D eigenvalue weighted by Gasteiger charge is -2.09. The number of benzene rings is 1. The summed E-state index contributed by atoms with van der Waals surface area (Å²) in [6.07, 6.45) is 6.13. The summed E-state index contributed by atoms with van der Waals surface area (Å²) in [5.74, 6) is 0. The Hall–Kier alpha value is -0.975. The second-order valence-electron chi connectivity index (χ2n) is 4.11. The van der Waals surface area contributed by atoms with Gasteiger partial charge in [-0.15, -0.1) is 0 Å². The fourth-order valence-electron chi connectivity index (χ4n) is 2.38. The molecule has 0 heterocycles. The van der Waals surface area contributed by atoms with Crippen LogP contribution in [0.25, 0.3) is 6.08 Å². The lowest BCUT2D eigenvalue weighted by Crippen LogP contribution is -2.13. The maximum absolute atomic E-state index is 2.40. The summed E-state index contributed by atoms with van der Waals surface area (Å²) in [6, 6.07) is 8.75. The van der Waals surface area contributed by atoms with Gasteiger partial charge in [-0.05, 0) is 17.5 Å². The van der Waals surface area contributed by atoms with E-state index in [1.54, 1.807) is 5.47 Å². The summed E-state index contributed by atoms with van der Waals surface area (Å²) in [6.45, 7) is 5.37. The second-order valence-corrected chi connectivity index (χ2v) is 4.11. The molecule has 0 aliphatic heterocycles. The third-order valence-electron chi connectivity index (χ3n) is 3.30. The van der Waals surface area contributed by atoms with Gasteiger partial charge in [0.25, 0.3) is 0 Å². The molecule has 0 bridgehead atoms. The van der Waals surface area contributed by atoms with Gasteiger partial charge in [-0.1, -0.05) is 62.3 Å². The fraction of sp³-hybridized carbons (Fsp3) is 0.385. The van der Waals surface area contributed by atoms with Crippen molar-refractivity contribution in [1.82, 2.24) is 0 Å². The van der Waals surface area contributed by atoms with Crippen molar-refractivity contribution in [3.63, 3.8) is 0 Å². The van der Waals surface area contributed by atoms with E-state index in [9.17, 15) is 0 Å². The molecule has 0 fully saturated rings. The molecule has 0 spiro atoms. The molecule has 1 aromatic rings. The third kappa shape index (κ3) is 1.64. The molecule has 0 saturated carbocycles. The average Bonchev–Trinajstić information content (AvgIpc) is 2.63. The first-order chi connectivity index (χ1) is 6.85. The molecule has 2 rings (SSSR count). The predicted octanol–water partition coefficient (Wildman–Crippen LogP) is 3.70. The smallest absolute Gasteiger partial charge is 0.0962 e. The Bertz CT molecular complexity index is 348.